The van der Waals surface area contributed by atoms with Gasteiger partial charge in [-0.25, -0.2) is 4.39 Å². The number of allylic oxidation sites excluding steroid dienone is 3. The topological polar surface area (TPSA) is 118 Å². The number of ether oxygens (including phenoxy) is 1. The molecule has 8 heteroatoms. The van der Waals surface area contributed by atoms with Crippen LogP contribution in [0.1, 0.15) is 5.56 Å². The van der Waals surface area contributed by atoms with Crippen molar-refractivity contribution in [2.45, 2.75) is 6.54 Å². The molecule has 0 aliphatic carbocycles. The molecular weight excluding hydrogens is 337 g/mol. The Morgan fingerprint density at radius 3 is 2.58 bits per heavy atom. The third-order valence-corrected chi connectivity index (χ3v) is 3.29. The highest BCUT2D eigenvalue weighted by Gasteiger charge is 2.11. The molecule has 1 heterocycles. The van der Waals surface area contributed by atoms with Crippen LogP contribution in [0.5, 0.6) is 5.75 Å². The number of methoxy groups -OCH3 is 1. The van der Waals surface area contributed by atoms with E-state index in [-0.39, 0.29) is 17.4 Å². The van der Waals surface area contributed by atoms with Crippen LogP contribution in [0.25, 0.3) is 0 Å². The number of amidine groups is 2. The lowest BCUT2D eigenvalue weighted by atomic mass is 10.2. The van der Waals surface area contributed by atoms with Gasteiger partial charge < -0.3 is 26.6 Å². The van der Waals surface area contributed by atoms with Crippen molar-refractivity contribution < 1.29 is 14.2 Å². The van der Waals surface area contributed by atoms with Crippen LogP contribution in [0, 0.1) is 0 Å². The number of halogens is 1. The summed E-state index contributed by atoms with van der Waals surface area (Å²) in [7, 11) is 1.60. The fourth-order valence-electron chi connectivity index (χ4n) is 1.94. The van der Waals surface area contributed by atoms with E-state index in [9.17, 15) is 9.50 Å². The smallest absolute Gasteiger partial charge is 0.240 e. The zero-order valence-corrected chi connectivity index (χ0v) is 14.2. The normalized spacial score (nSPS) is 17.1. The molecule has 2 rings (SSSR count). The predicted octanol–water partition coefficient (Wildman–Crippen LogP) is 2.16. The molecule has 1 aliphatic heterocycles. The number of aliphatic imine (C=N–C) groups is 2. The third kappa shape index (κ3) is 5.52. The molecule has 0 unspecified atom stereocenters. The van der Waals surface area contributed by atoms with Crippen molar-refractivity contribution in [1.29, 1.82) is 0 Å². The van der Waals surface area contributed by atoms with E-state index in [2.05, 4.69) is 15.3 Å². The lowest BCUT2D eigenvalue weighted by Crippen LogP contribution is -2.15. The summed E-state index contributed by atoms with van der Waals surface area (Å²) in [5.41, 5.74) is 12.3. The number of nitrogens with two attached hydrogens (primary N) is 2. The maximum atomic E-state index is 13.5. The lowest BCUT2D eigenvalue weighted by molar-refractivity contribution is 0.392. The summed E-state index contributed by atoms with van der Waals surface area (Å²) < 4.78 is 18.6. The number of aliphatic hydroxyl groups is 1. The molecule has 136 valence electrons. The second kappa shape index (κ2) is 9.07. The summed E-state index contributed by atoms with van der Waals surface area (Å²) in [6.07, 6.45) is 6.91. The van der Waals surface area contributed by atoms with Gasteiger partial charge in [0.15, 0.2) is 5.83 Å². The largest absolute Gasteiger partial charge is 0.497 e. The van der Waals surface area contributed by atoms with Crippen LogP contribution in [-0.4, -0.2) is 23.9 Å². The maximum absolute atomic E-state index is 13.5. The predicted molar refractivity (Wildman–Crippen MR) is 100 cm³/mol. The second-order valence-electron chi connectivity index (χ2n) is 5.18. The molecule has 0 saturated carbocycles. The molecule has 0 radical (unpaired) electrons. The van der Waals surface area contributed by atoms with Crippen molar-refractivity contribution >= 4 is 11.7 Å². The van der Waals surface area contributed by atoms with E-state index >= 15 is 0 Å². The third-order valence-electron chi connectivity index (χ3n) is 3.29. The Morgan fingerprint density at radius 1 is 1.23 bits per heavy atom. The van der Waals surface area contributed by atoms with Crippen molar-refractivity contribution in [2.24, 2.45) is 21.5 Å². The van der Waals surface area contributed by atoms with E-state index in [0.29, 0.717) is 6.54 Å². The van der Waals surface area contributed by atoms with Crippen molar-refractivity contribution in [3.8, 4) is 5.75 Å². The van der Waals surface area contributed by atoms with Crippen molar-refractivity contribution in [2.75, 3.05) is 7.11 Å². The Morgan fingerprint density at radius 2 is 1.92 bits per heavy atom. The van der Waals surface area contributed by atoms with Gasteiger partial charge >= 0.3 is 0 Å². The molecule has 0 bridgehead atoms. The molecule has 0 amide bonds. The van der Waals surface area contributed by atoms with Crippen LogP contribution in [-0.2, 0) is 6.54 Å². The first kappa shape index (κ1) is 18.8. The molecule has 0 aromatic heterocycles. The molecule has 0 fully saturated rings. The first-order valence-corrected chi connectivity index (χ1v) is 7.67. The first-order chi connectivity index (χ1) is 12.5. The van der Waals surface area contributed by atoms with Gasteiger partial charge in [-0.2, -0.15) is 4.99 Å². The highest BCUT2D eigenvalue weighted by Crippen LogP contribution is 2.16. The highest BCUT2D eigenvalue weighted by atomic mass is 19.1. The van der Waals surface area contributed by atoms with Crippen LogP contribution in [0.3, 0.4) is 0 Å². The van der Waals surface area contributed by atoms with Crippen LogP contribution < -0.4 is 21.5 Å². The van der Waals surface area contributed by atoms with Gasteiger partial charge in [0.05, 0.1) is 13.7 Å². The number of rotatable bonds is 6. The summed E-state index contributed by atoms with van der Waals surface area (Å²) in [4.78, 5) is 7.90. The second-order valence-corrected chi connectivity index (χ2v) is 5.18. The summed E-state index contributed by atoms with van der Waals surface area (Å²) >= 11 is 0. The van der Waals surface area contributed by atoms with Gasteiger partial charge in [-0.3, -0.25) is 4.99 Å². The zero-order chi connectivity index (χ0) is 18.9. The van der Waals surface area contributed by atoms with E-state index in [1.165, 1.54) is 30.5 Å². The highest BCUT2D eigenvalue weighted by molar-refractivity contribution is 6.00. The molecule has 1 aromatic rings. The number of aliphatic hydroxyl groups excluding tert-OH is 1. The molecule has 1 aliphatic rings. The number of hydrogen-bond donors (Lipinski definition) is 4. The summed E-state index contributed by atoms with van der Waals surface area (Å²) in [6, 6.07) is 7.43. The first-order valence-electron chi connectivity index (χ1n) is 7.67. The minimum atomic E-state index is -0.647. The van der Waals surface area contributed by atoms with Crippen LogP contribution >= 0.6 is 0 Å². The number of nitrogens with zero attached hydrogens (tertiary/aromatic N) is 2. The van der Waals surface area contributed by atoms with E-state index in [4.69, 9.17) is 16.2 Å². The van der Waals surface area contributed by atoms with Gasteiger partial charge in [-0.15, -0.1) is 0 Å². The van der Waals surface area contributed by atoms with E-state index in [1.807, 2.05) is 24.3 Å². The Bertz CT molecular complexity index is 820. The van der Waals surface area contributed by atoms with Crippen molar-refractivity contribution in [1.82, 2.24) is 5.32 Å². The fraction of sp³-hybridized carbons (Fsp3) is 0.111. The number of hydrogen-bond acceptors (Lipinski definition) is 5. The molecule has 26 heavy (non-hydrogen) atoms. The molecular formula is C18H20FN5O2. The summed E-state index contributed by atoms with van der Waals surface area (Å²) in [6.45, 7) is 0.388. The van der Waals surface area contributed by atoms with Gasteiger partial charge in [0.2, 0.25) is 5.88 Å². The fourth-order valence-corrected chi connectivity index (χ4v) is 1.94. The van der Waals surface area contributed by atoms with Crippen molar-refractivity contribution in [3.05, 3.63) is 77.7 Å². The van der Waals surface area contributed by atoms with Crippen LogP contribution in [0.2, 0.25) is 0 Å². The molecule has 6 N–H and O–H groups in total. The standard InChI is InChI=1S/C18H20FN5O2/c1-26-13-6-4-12(5-7-13)11-23-15(20)8-9-16(21)24-18(25)17-14(19)3-2-10-22-17/h2-10,22,25H,11H2,1H3,(H2,20,23)(H2,21,24)/b9-8-,18-17+. The molecule has 0 spiro atoms. The Labute approximate surface area is 150 Å². The van der Waals surface area contributed by atoms with Crippen LogP contribution in [0.4, 0.5) is 4.39 Å². The Balaban J connectivity index is 1.99. The monoisotopic (exact) mass is 357 g/mol. The number of benzene rings is 1. The minimum Gasteiger partial charge on any atom is -0.497 e. The molecule has 1 aromatic carbocycles. The zero-order valence-electron chi connectivity index (χ0n) is 14.2. The van der Waals surface area contributed by atoms with Gasteiger partial charge in [0.25, 0.3) is 0 Å². The average molecular weight is 357 g/mol. The minimum absolute atomic E-state index is 0.0539. The van der Waals surface area contributed by atoms with Gasteiger partial charge in [-0.05, 0) is 42.0 Å². The lowest BCUT2D eigenvalue weighted by Gasteiger charge is -2.08. The number of nitrogens with one attached hydrogen (secondary N) is 1. The van der Waals surface area contributed by atoms with Gasteiger partial charge in [-0.1, -0.05) is 12.1 Å². The molecule has 0 atom stereocenters. The average Bonchev–Trinajstić information content (AvgIpc) is 2.65. The Kier molecular flexibility index (Phi) is 6.55. The Hall–Kier alpha value is -3.55. The SMILES string of the molecule is COc1ccc(CN=C(N)\C=C/C(N)=N/C(O)=C2\NC=CC=C2F)cc1. The molecule has 7 nitrogen and oxygen atoms in total. The maximum Gasteiger partial charge on any atom is 0.240 e. The van der Waals surface area contributed by atoms with E-state index in [1.54, 1.807) is 7.11 Å². The van der Waals surface area contributed by atoms with Crippen molar-refractivity contribution in [3.63, 3.8) is 0 Å². The molecule has 0 saturated heterocycles. The number of dihydropyridines is 1. The van der Waals surface area contributed by atoms with E-state index < -0.39 is 11.7 Å². The summed E-state index contributed by atoms with van der Waals surface area (Å²) in [5.74, 6) is -0.277. The van der Waals surface area contributed by atoms with Crippen LogP contribution in [0.15, 0.2) is 82.2 Å². The van der Waals surface area contributed by atoms with Gasteiger partial charge in [0, 0.05) is 6.20 Å². The van der Waals surface area contributed by atoms with Gasteiger partial charge in [0.1, 0.15) is 23.1 Å². The summed E-state index contributed by atoms with van der Waals surface area (Å²) in [5, 5.41) is 12.4. The van der Waals surface area contributed by atoms with E-state index in [0.717, 1.165) is 11.3 Å². The quantitative estimate of drug-likeness (QED) is 0.353.